The van der Waals surface area contributed by atoms with Crippen molar-refractivity contribution in [3.8, 4) is 0 Å². The van der Waals surface area contributed by atoms with Crippen LogP contribution < -0.4 is 4.72 Å². The van der Waals surface area contributed by atoms with Crippen LogP contribution in [0.4, 0.5) is 0 Å². The van der Waals surface area contributed by atoms with Crippen LogP contribution >= 0.6 is 15.9 Å². The van der Waals surface area contributed by atoms with E-state index in [2.05, 4.69) is 31.0 Å². The van der Waals surface area contributed by atoms with Crippen molar-refractivity contribution in [2.45, 2.75) is 24.8 Å². The fourth-order valence-electron chi connectivity index (χ4n) is 1.42. The Balaban J connectivity index is 2.56. The molecule has 18 heavy (non-hydrogen) atoms. The second-order valence-electron chi connectivity index (χ2n) is 4.14. The first-order chi connectivity index (χ1) is 8.38. The second kappa shape index (κ2) is 6.60. The van der Waals surface area contributed by atoms with E-state index in [1.54, 1.807) is 0 Å². The first-order valence-corrected chi connectivity index (χ1v) is 7.81. The molecular weight excluding hydrogens is 324 g/mol. The topological polar surface area (TPSA) is 97.1 Å². The number of aryl methyl sites for hydroxylation is 1. The summed E-state index contributed by atoms with van der Waals surface area (Å²) >= 11 is 3.05. The maximum absolute atomic E-state index is 12.0. The highest BCUT2D eigenvalue weighted by Crippen LogP contribution is 2.17. The summed E-state index contributed by atoms with van der Waals surface area (Å²) in [5, 5.41) is 16.1. The second-order valence-corrected chi connectivity index (χ2v) is 6.57. The molecule has 0 aliphatic rings. The van der Waals surface area contributed by atoms with E-state index < -0.39 is 10.0 Å². The zero-order valence-electron chi connectivity index (χ0n) is 10.3. The summed E-state index contributed by atoms with van der Waals surface area (Å²) in [6.07, 6.45) is 1.44. The van der Waals surface area contributed by atoms with Gasteiger partial charge in [0.25, 0.3) is 10.0 Å². The summed E-state index contributed by atoms with van der Waals surface area (Å²) in [6, 6.07) is 0. The molecule has 0 aromatic carbocycles. The van der Waals surface area contributed by atoms with Gasteiger partial charge < -0.3 is 5.11 Å². The molecule has 0 fully saturated rings. The van der Waals surface area contributed by atoms with Crippen molar-refractivity contribution in [3.63, 3.8) is 0 Å². The van der Waals surface area contributed by atoms with Gasteiger partial charge in [0.2, 0.25) is 5.03 Å². The number of hydrogen-bond donors (Lipinski definition) is 2. The molecule has 0 saturated carbocycles. The van der Waals surface area contributed by atoms with E-state index >= 15 is 0 Å². The van der Waals surface area contributed by atoms with Crippen LogP contribution in [0.1, 0.15) is 19.8 Å². The maximum Gasteiger partial charge on any atom is 0.260 e. The highest BCUT2D eigenvalue weighted by Gasteiger charge is 2.23. The Kier molecular flexibility index (Phi) is 5.70. The van der Waals surface area contributed by atoms with Gasteiger partial charge in [-0.3, -0.25) is 0 Å². The van der Waals surface area contributed by atoms with Crippen LogP contribution in [0.25, 0.3) is 0 Å². The minimum atomic E-state index is -3.60. The van der Waals surface area contributed by atoms with Crippen LogP contribution in [0.2, 0.25) is 0 Å². The number of halogens is 1. The Morgan fingerprint density at radius 3 is 2.72 bits per heavy atom. The summed E-state index contributed by atoms with van der Waals surface area (Å²) in [4.78, 5) is 0. The van der Waals surface area contributed by atoms with Crippen LogP contribution in [0.15, 0.2) is 9.63 Å². The van der Waals surface area contributed by atoms with E-state index in [1.165, 1.54) is 11.7 Å². The van der Waals surface area contributed by atoms with Crippen molar-refractivity contribution in [3.05, 3.63) is 4.60 Å². The molecule has 1 heterocycles. The van der Waals surface area contributed by atoms with Crippen molar-refractivity contribution in [1.29, 1.82) is 0 Å². The highest BCUT2D eigenvalue weighted by atomic mass is 79.9. The van der Waals surface area contributed by atoms with Gasteiger partial charge in [-0.05, 0) is 34.7 Å². The van der Waals surface area contributed by atoms with Gasteiger partial charge in [-0.1, -0.05) is 12.1 Å². The molecule has 0 aliphatic carbocycles. The number of nitrogens with zero attached hydrogens (tertiary/aromatic N) is 3. The van der Waals surface area contributed by atoms with E-state index in [9.17, 15) is 8.42 Å². The first kappa shape index (κ1) is 15.5. The minimum absolute atomic E-state index is 0.0118. The van der Waals surface area contributed by atoms with Gasteiger partial charge in [-0.15, -0.1) is 5.10 Å². The Labute approximate surface area is 115 Å². The van der Waals surface area contributed by atoms with Crippen LogP contribution in [-0.2, 0) is 17.1 Å². The van der Waals surface area contributed by atoms with E-state index in [-0.39, 0.29) is 22.2 Å². The Morgan fingerprint density at radius 2 is 2.22 bits per heavy atom. The average Bonchev–Trinajstić information content (AvgIpc) is 2.64. The van der Waals surface area contributed by atoms with E-state index in [0.717, 1.165) is 6.42 Å². The van der Waals surface area contributed by atoms with Crippen LogP contribution in [0.5, 0.6) is 0 Å². The summed E-state index contributed by atoms with van der Waals surface area (Å²) < 4.78 is 27.8. The van der Waals surface area contributed by atoms with Crippen molar-refractivity contribution >= 4 is 26.0 Å². The molecule has 7 nitrogen and oxygen atoms in total. The standard InChI is InChI=1S/C9H17BrN4O3S/c1-7(6-15)4-3-5-11-18(16,17)9-8(10)12-13-14(9)2/h7,11,15H,3-6H2,1-2H3. The number of aliphatic hydroxyl groups is 1. The zero-order chi connectivity index (χ0) is 13.8. The largest absolute Gasteiger partial charge is 0.396 e. The van der Waals surface area contributed by atoms with Crippen LogP contribution in [-0.4, -0.2) is 41.7 Å². The van der Waals surface area contributed by atoms with Crippen molar-refractivity contribution in [2.24, 2.45) is 13.0 Å². The van der Waals surface area contributed by atoms with Gasteiger partial charge in [-0.25, -0.2) is 17.8 Å². The van der Waals surface area contributed by atoms with Gasteiger partial charge in [0.1, 0.15) is 0 Å². The Hall–Kier alpha value is -0.510. The molecule has 0 saturated heterocycles. The molecule has 0 aliphatic heterocycles. The maximum atomic E-state index is 12.0. The Morgan fingerprint density at radius 1 is 1.56 bits per heavy atom. The molecule has 0 amide bonds. The Bertz CT molecular complexity index is 469. The molecule has 0 bridgehead atoms. The molecule has 1 aromatic rings. The van der Waals surface area contributed by atoms with Gasteiger partial charge in [0.15, 0.2) is 4.60 Å². The lowest BCUT2D eigenvalue weighted by Gasteiger charge is -2.09. The fourth-order valence-corrected chi connectivity index (χ4v) is 3.59. The third-order valence-electron chi connectivity index (χ3n) is 2.47. The van der Waals surface area contributed by atoms with Crippen LogP contribution in [0, 0.1) is 5.92 Å². The monoisotopic (exact) mass is 340 g/mol. The molecule has 1 unspecified atom stereocenters. The van der Waals surface area contributed by atoms with E-state index in [1.807, 2.05) is 6.92 Å². The lowest BCUT2D eigenvalue weighted by atomic mass is 10.1. The zero-order valence-corrected chi connectivity index (χ0v) is 12.7. The molecule has 1 aromatic heterocycles. The minimum Gasteiger partial charge on any atom is -0.396 e. The molecule has 1 rings (SSSR count). The van der Waals surface area contributed by atoms with Crippen molar-refractivity contribution in [1.82, 2.24) is 19.7 Å². The predicted octanol–water partition coefficient (Wildman–Crippen LogP) is 0.265. The van der Waals surface area contributed by atoms with Gasteiger partial charge in [-0.2, -0.15) is 0 Å². The molecule has 0 spiro atoms. The lowest BCUT2D eigenvalue weighted by molar-refractivity contribution is 0.228. The fraction of sp³-hybridized carbons (Fsp3) is 0.778. The van der Waals surface area contributed by atoms with E-state index in [0.29, 0.717) is 13.0 Å². The van der Waals surface area contributed by atoms with Gasteiger partial charge in [0.05, 0.1) is 0 Å². The normalized spacial score (nSPS) is 13.8. The lowest BCUT2D eigenvalue weighted by Crippen LogP contribution is -2.27. The van der Waals surface area contributed by atoms with Gasteiger partial charge in [0, 0.05) is 20.2 Å². The quantitative estimate of drug-likeness (QED) is 0.694. The molecule has 0 radical (unpaired) electrons. The number of sulfonamides is 1. The molecule has 104 valence electrons. The van der Waals surface area contributed by atoms with Crippen molar-refractivity contribution in [2.75, 3.05) is 13.2 Å². The molecule has 2 N–H and O–H groups in total. The van der Waals surface area contributed by atoms with Crippen molar-refractivity contribution < 1.29 is 13.5 Å². The number of aromatic nitrogens is 3. The smallest absolute Gasteiger partial charge is 0.260 e. The van der Waals surface area contributed by atoms with E-state index in [4.69, 9.17) is 5.11 Å². The summed E-state index contributed by atoms with van der Waals surface area (Å²) in [7, 11) is -2.09. The van der Waals surface area contributed by atoms with Crippen LogP contribution in [0.3, 0.4) is 0 Å². The first-order valence-electron chi connectivity index (χ1n) is 5.54. The summed E-state index contributed by atoms with van der Waals surface area (Å²) in [5.41, 5.74) is 0. The summed E-state index contributed by atoms with van der Waals surface area (Å²) in [6.45, 7) is 2.35. The summed E-state index contributed by atoms with van der Waals surface area (Å²) in [5.74, 6) is 0.180. The third-order valence-corrected chi connectivity index (χ3v) is 4.82. The third kappa shape index (κ3) is 4.01. The molecule has 1 atom stereocenters. The molecular formula is C9H17BrN4O3S. The van der Waals surface area contributed by atoms with Gasteiger partial charge >= 0.3 is 0 Å². The highest BCUT2D eigenvalue weighted by molar-refractivity contribution is 9.10. The number of nitrogens with one attached hydrogen (secondary N) is 1. The average molecular weight is 341 g/mol. The number of rotatable bonds is 7. The number of aliphatic hydroxyl groups excluding tert-OH is 1. The molecule has 9 heteroatoms. The SMILES string of the molecule is CC(CO)CCCNS(=O)(=O)c1c(Br)nnn1C. The number of hydrogen-bond acceptors (Lipinski definition) is 5. The predicted molar refractivity (Wildman–Crippen MR) is 69.4 cm³/mol.